The molecule has 2 aromatic rings. The van der Waals surface area contributed by atoms with Gasteiger partial charge in [-0.25, -0.2) is 4.79 Å². The summed E-state index contributed by atoms with van der Waals surface area (Å²) < 4.78 is 0. The van der Waals surface area contributed by atoms with Gasteiger partial charge in [-0.3, -0.25) is 0 Å². The Balaban J connectivity index is 1.90. The molecule has 0 aliphatic carbocycles. The molecule has 6 N–H and O–H groups in total. The Hall–Kier alpha value is -2.45. The van der Waals surface area contributed by atoms with Gasteiger partial charge in [0, 0.05) is 13.1 Å². The number of benzene rings is 2. The Labute approximate surface area is 228 Å². The summed E-state index contributed by atoms with van der Waals surface area (Å²) in [5, 5.41) is 23.2. The van der Waals surface area contributed by atoms with E-state index in [1.54, 1.807) is 0 Å². The molecule has 2 amide bonds. The first kappa shape index (κ1) is 30.1. The Morgan fingerprint density at radius 2 is 0.947 bits per heavy atom. The van der Waals surface area contributed by atoms with Gasteiger partial charge in [-0.05, 0) is 62.7 Å². The minimum Gasteiger partial charge on any atom is -0.388 e. The van der Waals surface area contributed by atoms with Crippen LogP contribution in [-0.2, 0) is 12.8 Å². The van der Waals surface area contributed by atoms with Crippen LogP contribution in [-0.4, -0.2) is 76.5 Å². The molecule has 1 heterocycles. The molecule has 7 heteroatoms. The molecule has 0 radical (unpaired) electrons. The van der Waals surface area contributed by atoms with Crippen molar-refractivity contribution >= 4 is 6.03 Å². The van der Waals surface area contributed by atoms with Gasteiger partial charge < -0.3 is 31.5 Å². The molecule has 2 aromatic carbocycles. The molecule has 1 saturated heterocycles. The van der Waals surface area contributed by atoms with E-state index in [2.05, 4.69) is 0 Å². The van der Waals surface area contributed by atoms with Crippen molar-refractivity contribution in [1.82, 2.24) is 9.80 Å². The van der Waals surface area contributed by atoms with Crippen LogP contribution in [0.15, 0.2) is 60.7 Å². The molecule has 7 nitrogen and oxygen atoms in total. The first-order valence-corrected chi connectivity index (χ1v) is 14.5. The van der Waals surface area contributed by atoms with Crippen LogP contribution in [0.5, 0.6) is 0 Å². The standard InChI is InChI=1S/C31H48N4O3/c32-19-11-1-3-13-21-34-27(23-25-15-7-5-8-16-25)29(36)30(37)28(24-26-17-9-6-10-18-26)35(31(34)38)22-14-4-2-12-20-33/h5-10,15-18,27-30,36-37H,1-4,11-14,19-24,32-33H2/t27-,28-,29+,30+/m1/s1. The highest BCUT2D eigenvalue weighted by Gasteiger charge is 2.45. The monoisotopic (exact) mass is 524 g/mol. The second-order valence-electron chi connectivity index (χ2n) is 10.6. The average Bonchev–Trinajstić information content (AvgIpc) is 3.00. The molecule has 210 valence electrons. The van der Waals surface area contributed by atoms with E-state index >= 15 is 0 Å². The fourth-order valence-corrected chi connectivity index (χ4v) is 5.53. The summed E-state index contributed by atoms with van der Waals surface area (Å²) in [6.07, 6.45) is 6.50. The van der Waals surface area contributed by atoms with Gasteiger partial charge in [0.2, 0.25) is 0 Å². The van der Waals surface area contributed by atoms with Crippen LogP contribution in [0.2, 0.25) is 0 Å². The maximum absolute atomic E-state index is 14.3. The van der Waals surface area contributed by atoms with Gasteiger partial charge in [0.15, 0.2) is 0 Å². The lowest BCUT2D eigenvalue weighted by Crippen LogP contribution is -2.51. The number of urea groups is 1. The van der Waals surface area contributed by atoms with Crippen molar-refractivity contribution in [3.8, 4) is 0 Å². The summed E-state index contributed by atoms with van der Waals surface area (Å²) in [5.41, 5.74) is 13.4. The summed E-state index contributed by atoms with van der Waals surface area (Å²) in [6.45, 7) is 2.44. The number of aliphatic hydroxyl groups is 2. The predicted octanol–water partition coefficient (Wildman–Crippen LogP) is 3.71. The van der Waals surface area contributed by atoms with Crippen LogP contribution in [0.4, 0.5) is 4.79 Å². The third-order valence-corrected chi connectivity index (χ3v) is 7.71. The second-order valence-corrected chi connectivity index (χ2v) is 10.6. The van der Waals surface area contributed by atoms with Crippen molar-refractivity contribution in [2.75, 3.05) is 26.2 Å². The molecule has 4 atom stereocenters. The summed E-state index contributed by atoms with van der Waals surface area (Å²) in [6, 6.07) is 18.8. The van der Waals surface area contributed by atoms with Crippen LogP contribution in [0.1, 0.15) is 62.5 Å². The lowest BCUT2D eigenvalue weighted by Gasteiger charge is -2.36. The van der Waals surface area contributed by atoms with Gasteiger partial charge in [-0.2, -0.15) is 0 Å². The maximum Gasteiger partial charge on any atom is 0.320 e. The summed E-state index contributed by atoms with van der Waals surface area (Å²) in [7, 11) is 0. The normalized spacial score (nSPS) is 22.1. The van der Waals surface area contributed by atoms with Gasteiger partial charge in [-0.15, -0.1) is 0 Å². The highest BCUT2D eigenvalue weighted by molar-refractivity contribution is 5.76. The van der Waals surface area contributed by atoms with E-state index in [1.807, 2.05) is 70.5 Å². The number of rotatable bonds is 16. The van der Waals surface area contributed by atoms with Gasteiger partial charge >= 0.3 is 6.03 Å². The molecule has 38 heavy (non-hydrogen) atoms. The molecule has 0 bridgehead atoms. The average molecular weight is 525 g/mol. The Bertz CT molecular complexity index is 840. The zero-order chi connectivity index (χ0) is 27.2. The molecule has 1 aliphatic rings. The number of hydrogen-bond acceptors (Lipinski definition) is 5. The zero-order valence-electron chi connectivity index (χ0n) is 22.8. The zero-order valence-corrected chi connectivity index (χ0v) is 22.8. The highest BCUT2D eigenvalue weighted by Crippen LogP contribution is 2.28. The molecular formula is C31H48N4O3. The van der Waals surface area contributed by atoms with E-state index in [-0.39, 0.29) is 6.03 Å². The van der Waals surface area contributed by atoms with Crippen molar-refractivity contribution in [1.29, 1.82) is 0 Å². The smallest absolute Gasteiger partial charge is 0.320 e. The number of nitrogens with zero attached hydrogens (tertiary/aromatic N) is 2. The number of aliphatic hydroxyl groups excluding tert-OH is 2. The number of carbonyl (C=O) groups is 1. The molecule has 1 fully saturated rings. The van der Waals surface area contributed by atoms with Gasteiger partial charge in [0.1, 0.15) is 12.2 Å². The van der Waals surface area contributed by atoms with Crippen molar-refractivity contribution < 1.29 is 15.0 Å². The SMILES string of the molecule is NCCCCCCN1C(=O)N(CCCCCCN)[C@H](Cc2ccccc2)[C@H](O)[C@@H](O)[C@H]1Cc1ccccc1. The minimum atomic E-state index is -1.06. The molecule has 0 aromatic heterocycles. The largest absolute Gasteiger partial charge is 0.388 e. The predicted molar refractivity (Wildman–Crippen MR) is 154 cm³/mol. The van der Waals surface area contributed by atoms with E-state index in [4.69, 9.17) is 11.5 Å². The van der Waals surface area contributed by atoms with Crippen LogP contribution < -0.4 is 11.5 Å². The van der Waals surface area contributed by atoms with E-state index in [0.717, 1.165) is 62.5 Å². The molecule has 3 rings (SSSR count). The highest BCUT2D eigenvalue weighted by atomic mass is 16.3. The first-order chi connectivity index (χ1) is 18.6. The topological polar surface area (TPSA) is 116 Å². The van der Waals surface area contributed by atoms with Crippen LogP contribution in [0.25, 0.3) is 0 Å². The Morgan fingerprint density at radius 1 is 0.579 bits per heavy atom. The van der Waals surface area contributed by atoms with E-state index in [9.17, 15) is 15.0 Å². The first-order valence-electron chi connectivity index (χ1n) is 14.5. The second kappa shape index (κ2) is 16.5. The van der Waals surface area contributed by atoms with Crippen molar-refractivity contribution in [2.45, 2.75) is 88.5 Å². The van der Waals surface area contributed by atoms with Crippen LogP contribution in [0, 0.1) is 0 Å². The summed E-state index contributed by atoms with van der Waals surface area (Å²) in [4.78, 5) is 18.0. The maximum atomic E-state index is 14.3. The minimum absolute atomic E-state index is 0.0832. The van der Waals surface area contributed by atoms with Gasteiger partial charge in [0.05, 0.1) is 12.1 Å². The molecular weight excluding hydrogens is 476 g/mol. The molecule has 0 saturated carbocycles. The number of unbranched alkanes of at least 4 members (excludes halogenated alkanes) is 6. The Kier molecular flexibility index (Phi) is 13.1. The van der Waals surface area contributed by atoms with Crippen LogP contribution >= 0.6 is 0 Å². The Morgan fingerprint density at radius 3 is 1.32 bits per heavy atom. The van der Waals surface area contributed by atoms with E-state index in [1.165, 1.54) is 0 Å². The fourth-order valence-electron chi connectivity index (χ4n) is 5.53. The molecule has 0 spiro atoms. The number of carbonyl (C=O) groups excluding carboxylic acids is 1. The number of amides is 2. The van der Waals surface area contributed by atoms with E-state index in [0.29, 0.717) is 39.0 Å². The fraction of sp³-hybridized carbons (Fsp3) is 0.581. The third kappa shape index (κ3) is 8.80. The van der Waals surface area contributed by atoms with E-state index < -0.39 is 24.3 Å². The van der Waals surface area contributed by atoms with Crippen LogP contribution in [0.3, 0.4) is 0 Å². The summed E-state index contributed by atoms with van der Waals surface area (Å²) in [5.74, 6) is 0. The number of hydrogen-bond donors (Lipinski definition) is 4. The lowest BCUT2D eigenvalue weighted by atomic mass is 9.91. The van der Waals surface area contributed by atoms with Gasteiger partial charge in [-0.1, -0.05) is 86.3 Å². The van der Waals surface area contributed by atoms with Crippen molar-refractivity contribution in [2.24, 2.45) is 11.5 Å². The molecule has 0 unspecified atom stereocenters. The van der Waals surface area contributed by atoms with Gasteiger partial charge in [0.25, 0.3) is 0 Å². The third-order valence-electron chi connectivity index (χ3n) is 7.71. The quantitative estimate of drug-likeness (QED) is 0.250. The van der Waals surface area contributed by atoms with Crippen molar-refractivity contribution in [3.63, 3.8) is 0 Å². The lowest BCUT2D eigenvalue weighted by molar-refractivity contribution is -0.0396. The summed E-state index contributed by atoms with van der Waals surface area (Å²) >= 11 is 0. The molecule has 1 aliphatic heterocycles. The van der Waals surface area contributed by atoms with Crippen molar-refractivity contribution in [3.05, 3.63) is 71.8 Å². The number of nitrogens with two attached hydrogens (primary N) is 2.